The molecule has 0 spiro atoms. The maximum atomic E-state index is 5.57. The molecule has 0 aliphatic heterocycles. The average Bonchev–Trinajstić information content (AvgIpc) is 2.29. The van der Waals surface area contributed by atoms with Crippen molar-refractivity contribution in [3.8, 4) is 0 Å². The minimum absolute atomic E-state index is 0.382. The van der Waals surface area contributed by atoms with Gasteiger partial charge in [-0.1, -0.05) is 35.4 Å². The van der Waals surface area contributed by atoms with Crippen LogP contribution in [0.1, 0.15) is 37.3 Å². The predicted molar refractivity (Wildman–Crippen MR) is 74.7 cm³/mol. The van der Waals surface area contributed by atoms with Gasteiger partial charge in [-0.25, -0.2) is 0 Å². The monoisotopic (exact) mass is 232 g/mol. The van der Waals surface area contributed by atoms with Crippen molar-refractivity contribution in [1.82, 2.24) is 5.43 Å². The van der Waals surface area contributed by atoms with E-state index in [0.717, 1.165) is 25.7 Å². The highest BCUT2D eigenvalue weighted by Gasteiger charge is 2.06. The number of hydrogen-bond acceptors (Lipinski definition) is 2. The molecule has 1 atom stereocenters. The van der Waals surface area contributed by atoms with Crippen LogP contribution in [0.25, 0.3) is 0 Å². The van der Waals surface area contributed by atoms with Gasteiger partial charge in [0.05, 0.1) is 0 Å². The van der Waals surface area contributed by atoms with Crippen molar-refractivity contribution in [2.75, 3.05) is 0 Å². The SMILES string of the molecule is C=C(C)CCC(CCc1cccc(C)c1)NN. The van der Waals surface area contributed by atoms with Crippen LogP contribution < -0.4 is 11.3 Å². The van der Waals surface area contributed by atoms with Crippen LogP contribution in [0.3, 0.4) is 0 Å². The number of hydrazine groups is 1. The molecule has 3 N–H and O–H groups in total. The van der Waals surface area contributed by atoms with Crippen molar-refractivity contribution >= 4 is 0 Å². The van der Waals surface area contributed by atoms with Crippen molar-refractivity contribution < 1.29 is 0 Å². The van der Waals surface area contributed by atoms with Crippen LogP contribution in [-0.4, -0.2) is 6.04 Å². The highest BCUT2D eigenvalue weighted by Crippen LogP contribution is 2.12. The number of rotatable bonds is 7. The number of nitrogens with one attached hydrogen (secondary N) is 1. The molecule has 94 valence electrons. The molecular formula is C15H24N2. The fourth-order valence-electron chi connectivity index (χ4n) is 1.94. The Morgan fingerprint density at radius 3 is 2.76 bits per heavy atom. The normalized spacial score (nSPS) is 12.4. The number of benzene rings is 1. The molecule has 0 amide bonds. The molecule has 0 saturated carbocycles. The summed E-state index contributed by atoms with van der Waals surface area (Å²) in [5.41, 5.74) is 6.83. The van der Waals surface area contributed by atoms with Crippen LogP contribution >= 0.6 is 0 Å². The molecule has 1 aromatic carbocycles. The summed E-state index contributed by atoms with van der Waals surface area (Å²) < 4.78 is 0. The molecule has 1 unspecified atom stereocenters. The van der Waals surface area contributed by atoms with Crippen molar-refractivity contribution in [2.24, 2.45) is 5.84 Å². The molecule has 1 rings (SSSR count). The highest BCUT2D eigenvalue weighted by molar-refractivity contribution is 5.22. The molecule has 0 bridgehead atoms. The van der Waals surface area contributed by atoms with Crippen LogP contribution in [0.2, 0.25) is 0 Å². The summed E-state index contributed by atoms with van der Waals surface area (Å²) in [7, 11) is 0. The third-order valence-electron chi connectivity index (χ3n) is 3.02. The molecule has 0 aromatic heterocycles. The first-order valence-electron chi connectivity index (χ1n) is 6.28. The zero-order valence-electron chi connectivity index (χ0n) is 11.0. The Kier molecular flexibility index (Phi) is 5.95. The molecule has 0 heterocycles. The van der Waals surface area contributed by atoms with Gasteiger partial charge in [-0.2, -0.15) is 0 Å². The second kappa shape index (κ2) is 7.25. The van der Waals surface area contributed by atoms with E-state index in [1.54, 1.807) is 0 Å². The van der Waals surface area contributed by atoms with E-state index in [1.807, 2.05) is 0 Å². The average molecular weight is 232 g/mol. The maximum absolute atomic E-state index is 5.57. The van der Waals surface area contributed by atoms with Gasteiger partial charge in [-0.15, -0.1) is 6.58 Å². The second-order valence-corrected chi connectivity index (χ2v) is 4.89. The second-order valence-electron chi connectivity index (χ2n) is 4.89. The van der Waals surface area contributed by atoms with Crippen molar-refractivity contribution in [3.05, 3.63) is 47.5 Å². The molecule has 0 saturated heterocycles. The van der Waals surface area contributed by atoms with E-state index in [9.17, 15) is 0 Å². The highest BCUT2D eigenvalue weighted by atomic mass is 15.2. The van der Waals surface area contributed by atoms with E-state index in [0.29, 0.717) is 6.04 Å². The van der Waals surface area contributed by atoms with Crippen molar-refractivity contribution in [1.29, 1.82) is 0 Å². The molecule has 0 aliphatic carbocycles. The van der Waals surface area contributed by atoms with E-state index in [2.05, 4.69) is 50.1 Å². The van der Waals surface area contributed by atoms with Gasteiger partial charge in [0.2, 0.25) is 0 Å². The minimum atomic E-state index is 0.382. The van der Waals surface area contributed by atoms with Gasteiger partial charge in [0.1, 0.15) is 0 Å². The minimum Gasteiger partial charge on any atom is -0.271 e. The van der Waals surface area contributed by atoms with Crippen LogP contribution in [0.5, 0.6) is 0 Å². The third-order valence-corrected chi connectivity index (χ3v) is 3.02. The quantitative estimate of drug-likeness (QED) is 0.430. The Bertz CT molecular complexity index is 358. The third kappa shape index (κ3) is 5.66. The summed E-state index contributed by atoms with van der Waals surface area (Å²) in [6.45, 7) is 8.11. The molecular weight excluding hydrogens is 208 g/mol. The fourth-order valence-corrected chi connectivity index (χ4v) is 1.94. The summed E-state index contributed by atoms with van der Waals surface area (Å²) in [5, 5.41) is 0. The molecule has 2 nitrogen and oxygen atoms in total. The van der Waals surface area contributed by atoms with Gasteiger partial charge >= 0.3 is 0 Å². The number of allylic oxidation sites excluding steroid dienone is 1. The van der Waals surface area contributed by atoms with Gasteiger partial charge < -0.3 is 0 Å². The summed E-state index contributed by atoms with van der Waals surface area (Å²) >= 11 is 0. The zero-order chi connectivity index (χ0) is 12.7. The van der Waals surface area contributed by atoms with E-state index in [1.165, 1.54) is 16.7 Å². The van der Waals surface area contributed by atoms with Crippen molar-refractivity contribution in [3.63, 3.8) is 0 Å². The molecule has 0 aliphatic rings. The topological polar surface area (TPSA) is 38.0 Å². The van der Waals surface area contributed by atoms with E-state index in [-0.39, 0.29) is 0 Å². The molecule has 0 radical (unpaired) electrons. The summed E-state index contributed by atoms with van der Waals surface area (Å²) in [4.78, 5) is 0. The Labute approximate surface area is 105 Å². The Balaban J connectivity index is 2.39. The first kappa shape index (κ1) is 13.9. The largest absolute Gasteiger partial charge is 0.271 e. The van der Waals surface area contributed by atoms with Crippen molar-refractivity contribution in [2.45, 2.75) is 45.6 Å². The van der Waals surface area contributed by atoms with Gasteiger partial charge in [0.15, 0.2) is 0 Å². The van der Waals surface area contributed by atoms with Crippen LogP contribution in [0.4, 0.5) is 0 Å². The first-order chi connectivity index (χ1) is 8.11. The summed E-state index contributed by atoms with van der Waals surface area (Å²) in [6, 6.07) is 9.05. The number of hydrogen-bond donors (Lipinski definition) is 2. The lowest BCUT2D eigenvalue weighted by Crippen LogP contribution is -2.35. The molecule has 0 fully saturated rings. The Hall–Kier alpha value is -1.12. The lowest BCUT2D eigenvalue weighted by molar-refractivity contribution is 0.463. The summed E-state index contributed by atoms with van der Waals surface area (Å²) in [6.07, 6.45) is 4.26. The number of aryl methyl sites for hydroxylation is 2. The predicted octanol–water partition coefficient (Wildman–Crippen LogP) is 3.12. The lowest BCUT2D eigenvalue weighted by Gasteiger charge is -2.15. The Morgan fingerprint density at radius 2 is 2.18 bits per heavy atom. The fraction of sp³-hybridized carbons (Fsp3) is 0.467. The number of nitrogens with two attached hydrogens (primary N) is 1. The van der Waals surface area contributed by atoms with Crippen LogP contribution in [0, 0.1) is 6.92 Å². The first-order valence-corrected chi connectivity index (χ1v) is 6.28. The standard InChI is InChI=1S/C15H24N2/c1-12(2)7-9-15(17-16)10-8-14-6-4-5-13(3)11-14/h4-6,11,15,17H,1,7-10,16H2,2-3H3. The maximum Gasteiger partial charge on any atom is 0.0216 e. The van der Waals surface area contributed by atoms with E-state index in [4.69, 9.17) is 5.84 Å². The van der Waals surface area contributed by atoms with Gasteiger partial charge in [-0.05, 0) is 45.1 Å². The van der Waals surface area contributed by atoms with Gasteiger partial charge in [-0.3, -0.25) is 11.3 Å². The van der Waals surface area contributed by atoms with E-state index < -0.39 is 0 Å². The van der Waals surface area contributed by atoms with Crippen LogP contribution in [0.15, 0.2) is 36.4 Å². The van der Waals surface area contributed by atoms with Crippen LogP contribution in [-0.2, 0) is 6.42 Å². The van der Waals surface area contributed by atoms with Gasteiger partial charge in [0.25, 0.3) is 0 Å². The molecule has 1 aromatic rings. The van der Waals surface area contributed by atoms with Gasteiger partial charge in [0, 0.05) is 6.04 Å². The Morgan fingerprint density at radius 1 is 1.41 bits per heavy atom. The molecule has 2 heteroatoms. The smallest absolute Gasteiger partial charge is 0.0216 e. The summed E-state index contributed by atoms with van der Waals surface area (Å²) in [5.74, 6) is 5.57. The molecule has 17 heavy (non-hydrogen) atoms. The lowest BCUT2D eigenvalue weighted by atomic mass is 10.00. The van der Waals surface area contributed by atoms with E-state index >= 15 is 0 Å². The zero-order valence-corrected chi connectivity index (χ0v) is 11.0.